The molecule has 0 saturated carbocycles. The number of hydrogen-bond donors (Lipinski definition) is 1. The molecule has 0 atom stereocenters. The molecule has 5 heteroatoms. The molecule has 0 aliphatic heterocycles. The van der Waals surface area contributed by atoms with Crippen LogP contribution in [0.15, 0.2) is 11.6 Å². The molecule has 1 amide bonds. The molecule has 0 rings (SSSR count). The molecular weight excluding hydrogens is 282 g/mol. The van der Waals surface area contributed by atoms with E-state index in [0.717, 1.165) is 5.57 Å². The van der Waals surface area contributed by atoms with Crippen molar-refractivity contribution in [2.45, 2.75) is 72.2 Å². The summed E-state index contributed by atoms with van der Waals surface area (Å²) in [6.07, 6.45) is 1.58. The Kier molecular flexibility index (Phi) is 7.16. The Morgan fingerprint density at radius 2 is 1.67 bits per heavy atom. The van der Waals surface area contributed by atoms with Crippen molar-refractivity contribution in [3.63, 3.8) is 0 Å². The number of ether oxygens (including phenoxy) is 1. The van der Waals surface area contributed by atoms with Crippen LogP contribution in [-0.4, -0.2) is 33.2 Å². The third-order valence-corrected chi connectivity index (χ3v) is 8.04. The van der Waals surface area contributed by atoms with E-state index >= 15 is 0 Å². The predicted octanol–water partition coefficient (Wildman–Crippen LogP) is 4.48. The van der Waals surface area contributed by atoms with Crippen LogP contribution < -0.4 is 5.32 Å². The summed E-state index contributed by atoms with van der Waals surface area (Å²) >= 11 is 0. The van der Waals surface area contributed by atoms with Crippen LogP contribution in [0.4, 0.5) is 4.79 Å². The van der Waals surface area contributed by atoms with Gasteiger partial charge in [0.2, 0.25) is 0 Å². The average molecular weight is 316 g/mol. The first-order chi connectivity index (χ1) is 9.24. The number of rotatable bonds is 5. The summed E-state index contributed by atoms with van der Waals surface area (Å²) in [7, 11) is -1.71. The van der Waals surface area contributed by atoms with E-state index < -0.39 is 20.0 Å². The highest BCUT2D eigenvalue weighted by molar-refractivity contribution is 6.74. The first kappa shape index (κ1) is 20.2. The smallest absolute Gasteiger partial charge is 0.407 e. The van der Waals surface area contributed by atoms with Crippen LogP contribution in [0, 0.1) is 0 Å². The van der Waals surface area contributed by atoms with Gasteiger partial charge in [0.1, 0.15) is 5.60 Å². The van der Waals surface area contributed by atoms with Crippen molar-refractivity contribution < 1.29 is 14.0 Å². The number of alkyl carbamates (subject to hydrolysis) is 1. The highest BCUT2D eigenvalue weighted by Crippen LogP contribution is 2.36. The Labute approximate surface area is 131 Å². The standard InChI is InChI=1S/C16H33NO3Si/c1-13(12-19-21(8,9)16(5,6)7)10-11-17-14(18)20-15(2,3)4/h10H,11-12H2,1-9H3,(H,17,18)/b13-10-. The quantitative estimate of drug-likeness (QED) is 0.601. The first-order valence-electron chi connectivity index (χ1n) is 7.51. The fourth-order valence-electron chi connectivity index (χ4n) is 1.19. The van der Waals surface area contributed by atoms with Gasteiger partial charge in [-0.05, 0) is 45.8 Å². The molecule has 0 aromatic heterocycles. The molecule has 21 heavy (non-hydrogen) atoms. The van der Waals surface area contributed by atoms with E-state index in [1.807, 2.05) is 33.8 Å². The second-order valence-electron chi connectivity index (χ2n) is 7.98. The second kappa shape index (κ2) is 7.45. The van der Waals surface area contributed by atoms with Crippen LogP contribution >= 0.6 is 0 Å². The molecule has 0 bridgehead atoms. The fraction of sp³-hybridized carbons (Fsp3) is 0.812. The minimum Gasteiger partial charge on any atom is -0.444 e. The number of carbonyl (C=O) groups is 1. The fourth-order valence-corrected chi connectivity index (χ4v) is 2.21. The lowest BCUT2D eigenvalue weighted by molar-refractivity contribution is 0.0534. The summed E-state index contributed by atoms with van der Waals surface area (Å²) in [5, 5.41) is 2.93. The van der Waals surface area contributed by atoms with Crippen molar-refractivity contribution >= 4 is 14.4 Å². The molecule has 0 fully saturated rings. The van der Waals surface area contributed by atoms with E-state index in [2.05, 4.69) is 39.2 Å². The molecule has 0 aliphatic rings. The zero-order valence-corrected chi connectivity index (χ0v) is 16.2. The van der Waals surface area contributed by atoms with E-state index in [1.165, 1.54) is 0 Å². The third-order valence-electron chi connectivity index (χ3n) is 3.56. The Morgan fingerprint density at radius 3 is 2.10 bits per heavy atom. The van der Waals surface area contributed by atoms with Gasteiger partial charge in [0.05, 0.1) is 6.61 Å². The van der Waals surface area contributed by atoms with Crippen LogP contribution in [0.25, 0.3) is 0 Å². The van der Waals surface area contributed by atoms with E-state index in [0.29, 0.717) is 13.2 Å². The minimum absolute atomic E-state index is 0.210. The van der Waals surface area contributed by atoms with Crippen molar-refractivity contribution in [1.29, 1.82) is 0 Å². The highest BCUT2D eigenvalue weighted by Gasteiger charge is 2.36. The summed E-state index contributed by atoms with van der Waals surface area (Å²) in [6, 6.07) is 0. The van der Waals surface area contributed by atoms with Crippen LogP contribution in [0.3, 0.4) is 0 Å². The lowest BCUT2D eigenvalue weighted by Crippen LogP contribution is -2.41. The molecule has 4 nitrogen and oxygen atoms in total. The zero-order chi connectivity index (χ0) is 16.9. The summed E-state index contributed by atoms with van der Waals surface area (Å²) < 4.78 is 11.3. The maximum Gasteiger partial charge on any atom is 0.407 e. The lowest BCUT2D eigenvalue weighted by atomic mass is 10.2. The summed E-state index contributed by atoms with van der Waals surface area (Å²) in [6.45, 7) is 19.8. The van der Waals surface area contributed by atoms with Crippen LogP contribution in [0.2, 0.25) is 18.1 Å². The molecule has 0 aliphatic carbocycles. The van der Waals surface area contributed by atoms with Crippen LogP contribution in [0.5, 0.6) is 0 Å². The topological polar surface area (TPSA) is 47.6 Å². The van der Waals surface area contributed by atoms with Crippen LogP contribution in [0.1, 0.15) is 48.5 Å². The maximum atomic E-state index is 11.5. The molecule has 0 radical (unpaired) electrons. The molecule has 0 spiro atoms. The second-order valence-corrected chi connectivity index (χ2v) is 12.8. The van der Waals surface area contributed by atoms with Gasteiger partial charge in [-0.15, -0.1) is 0 Å². The Hall–Kier alpha value is -0.813. The minimum atomic E-state index is -1.71. The molecule has 0 heterocycles. The molecule has 0 saturated heterocycles. The van der Waals surface area contributed by atoms with Crippen LogP contribution in [-0.2, 0) is 9.16 Å². The van der Waals surface area contributed by atoms with E-state index in [9.17, 15) is 4.79 Å². The van der Waals surface area contributed by atoms with Gasteiger partial charge in [0.25, 0.3) is 0 Å². The van der Waals surface area contributed by atoms with Gasteiger partial charge in [-0.2, -0.15) is 0 Å². The number of hydrogen-bond acceptors (Lipinski definition) is 3. The van der Waals surface area contributed by atoms with Gasteiger partial charge in [-0.3, -0.25) is 0 Å². The summed E-state index contributed by atoms with van der Waals surface area (Å²) in [5.74, 6) is 0. The van der Waals surface area contributed by atoms with E-state index in [4.69, 9.17) is 9.16 Å². The van der Waals surface area contributed by atoms with Crippen molar-refractivity contribution in [3.8, 4) is 0 Å². The molecule has 124 valence electrons. The maximum absolute atomic E-state index is 11.5. The summed E-state index contributed by atoms with van der Waals surface area (Å²) in [5.41, 5.74) is 0.657. The monoisotopic (exact) mass is 315 g/mol. The summed E-state index contributed by atoms with van der Waals surface area (Å²) in [4.78, 5) is 11.5. The molecule has 0 aromatic carbocycles. The van der Waals surface area contributed by atoms with Gasteiger partial charge in [-0.1, -0.05) is 32.4 Å². The van der Waals surface area contributed by atoms with Crippen molar-refractivity contribution in [2.24, 2.45) is 0 Å². The molecule has 0 aromatic rings. The molecule has 1 N–H and O–H groups in total. The third kappa shape index (κ3) is 8.93. The average Bonchev–Trinajstić information content (AvgIpc) is 2.22. The molecule has 0 unspecified atom stereocenters. The SMILES string of the molecule is C/C(=C/CNC(=O)OC(C)(C)C)CO[Si](C)(C)C(C)(C)C. The Morgan fingerprint density at radius 1 is 1.14 bits per heavy atom. The number of nitrogens with one attached hydrogen (secondary N) is 1. The first-order valence-corrected chi connectivity index (χ1v) is 10.4. The molecular formula is C16H33NO3Si. The van der Waals surface area contributed by atoms with Crippen molar-refractivity contribution in [2.75, 3.05) is 13.2 Å². The van der Waals surface area contributed by atoms with Crippen molar-refractivity contribution in [3.05, 3.63) is 11.6 Å². The number of amides is 1. The Balaban J connectivity index is 4.20. The largest absolute Gasteiger partial charge is 0.444 e. The normalized spacial score (nSPS) is 14.0. The zero-order valence-electron chi connectivity index (χ0n) is 15.2. The van der Waals surface area contributed by atoms with Gasteiger partial charge >= 0.3 is 6.09 Å². The van der Waals surface area contributed by atoms with E-state index in [-0.39, 0.29) is 5.04 Å². The van der Waals surface area contributed by atoms with Crippen molar-refractivity contribution in [1.82, 2.24) is 5.32 Å². The number of carbonyl (C=O) groups excluding carboxylic acids is 1. The predicted molar refractivity (Wildman–Crippen MR) is 91.1 cm³/mol. The van der Waals surface area contributed by atoms with E-state index in [1.54, 1.807) is 0 Å². The highest BCUT2D eigenvalue weighted by atomic mass is 28.4. The van der Waals surface area contributed by atoms with Gasteiger partial charge < -0.3 is 14.5 Å². The van der Waals surface area contributed by atoms with Gasteiger partial charge in [-0.25, -0.2) is 4.79 Å². The van der Waals surface area contributed by atoms with Gasteiger partial charge in [0, 0.05) is 6.54 Å². The Bertz CT molecular complexity index is 376. The van der Waals surface area contributed by atoms with Gasteiger partial charge in [0.15, 0.2) is 8.32 Å². The lowest BCUT2D eigenvalue weighted by Gasteiger charge is -2.36.